The minimum Gasteiger partial charge on any atom is -0.494 e. The third-order valence-corrected chi connectivity index (χ3v) is 6.42. The van der Waals surface area contributed by atoms with E-state index in [-0.39, 0.29) is 0 Å². The van der Waals surface area contributed by atoms with Crippen LogP contribution in [0.15, 0.2) is 48.5 Å². The molecule has 0 spiro atoms. The van der Waals surface area contributed by atoms with Gasteiger partial charge in [0.15, 0.2) is 0 Å². The van der Waals surface area contributed by atoms with Crippen molar-refractivity contribution in [3.8, 4) is 11.5 Å². The Hall–Kier alpha value is -2.38. The highest BCUT2D eigenvalue weighted by atomic mass is 32.2. The van der Waals surface area contributed by atoms with E-state index in [1.165, 1.54) is 38.5 Å². The number of esters is 1. The van der Waals surface area contributed by atoms with Gasteiger partial charge in [-0.2, -0.15) is 0 Å². The summed E-state index contributed by atoms with van der Waals surface area (Å²) in [5.41, 5.74) is 0.980. The van der Waals surface area contributed by atoms with Gasteiger partial charge in [-0.05, 0) is 80.5 Å². The fourth-order valence-corrected chi connectivity index (χ4v) is 4.32. The zero-order valence-electron chi connectivity index (χ0n) is 19.8. The third-order valence-electron chi connectivity index (χ3n) is 5.11. The number of thiocarbonyl (C=S) groups is 1. The van der Waals surface area contributed by atoms with Crippen LogP contribution in [0, 0.1) is 0 Å². The molecule has 0 unspecified atom stereocenters. The van der Waals surface area contributed by atoms with Crippen LogP contribution in [0.1, 0.15) is 79.0 Å². The lowest BCUT2D eigenvalue weighted by Crippen LogP contribution is -2.08. The average molecular weight is 503 g/mol. The Labute approximate surface area is 212 Å². The molecule has 0 aliphatic heterocycles. The minimum absolute atomic E-state index is 0.400. The van der Waals surface area contributed by atoms with Crippen LogP contribution in [-0.2, 0) is 4.74 Å². The van der Waals surface area contributed by atoms with Crippen LogP contribution in [-0.4, -0.2) is 35.6 Å². The zero-order valence-corrected chi connectivity index (χ0v) is 21.5. The molecule has 0 saturated heterocycles. The Morgan fingerprint density at radius 2 is 1.44 bits per heavy atom. The number of aldehydes is 1. The Bertz CT molecular complexity index is 866. The van der Waals surface area contributed by atoms with E-state index in [1.807, 2.05) is 6.92 Å². The van der Waals surface area contributed by atoms with Crippen molar-refractivity contribution in [2.24, 2.45) is 0 Å². The normalized spacial score (nSPS) is 10.5. The van der Waals surface area contributed by atoms with Gasteiger partial charge in [-0.1, -0.05) is 50.3 Å². The lowest BCUT2D eigenvalue weighted by molar-refractivity contribution is 0.0734. The Morgan fingerprint density at radius 3 is 2.06 bits per heavy atom. The highest BCUT2D eigenvalue weighted by Crippen LogP contribution is 2.17. The van der Waals surface area contributed by atoms with E-state index in [2.05, 4.69) is 0 Å². The van der Waals surface area contributed by atoms with Gasteiger partial charge in [0, 0.05) is 11.3 Å². The maximum Gasteiger partial charge on any atom is 0.343 e. The molecule has 0 radical (unpaired) electrons. The van der Waals surface area contributed by atoms with Crippen LogP contribution < -0.4 is 9.47 Å². The van der Waals surface area contributed by atoms with Crippen LogP contribution in [0.2, 0.25) is 0 Å². The molecule has 0 heterocycles. The number of hydrogen-bond donors (Lipinski definition) is 0. The van der Waals surface area contributed by atoms with Crippen molar-refractivity contribution < 1.29 is 23.8 Å². The molecule has 2 aromatic rings. The summed E-state index contributed by atoms with van der Waals surface area (Å²) in [6, 6.07) is 13.4. The molecule has 7 heteroatoms. The minimum atomic E-state index is -0.446. The summed E-state index contributed by atoms with van der Waals surface area (Å²) in [4.78, 5) is 22.9. The number of benzene rings is 2. The average Bonchev–Trinajstić information content (AvgIpc) is 2.85. The SMILES string of the molecule is CCOC(=S)SCCCCCCCCCCOc1ccc(C(=O)Oc2ccc(C=O)cc2)cc1. The van der Waals surface area contributed by atoms with E-state index in [0.29, 0.717) is 34.5 Å². The quantitative estimate of drug-likeness (QED) is 0.0786. The molecule has 0 aromatic heterocycles. The molecule has 2 aromatic carbocycles. The van der Waals surface area contributed by atoms with Crippen molar-refractivity contribution in [2.75, 3.05) is 19.0 Å². The first-order valence-electron chi connectivity index (χ1n) is 11.9. The summed E-state index contributed by atoms with van der Waals surface area (Å²) in [6.45, 7) is 3.28. The van der Waals surface area contributed by atoms with Crippen molar-refractivity contribution in [3.63, 3.8) is 0 Å². The summed E-state index contributed by atoms with van der Waals surface area (Å²) in [7, 11) is 0. The van der Waals surface area contributed by atoms with Crippen LogP contribution in [0.25, 0.3) is 0 Å². The van der Waals surface area contributed by atoms with Gasteiger partial charge >= 0.3 is 5.97 Å². The van der Waals surface area contributed by atoms with E-state index in [4.69, 9.17) is 26.4 Å². The van der Waals surface area contributed by atoms with Crippen LogP contribution >= 0.6 is 24.0 Å². The smallest absolute Gasteiger partial charge is 0.343 e. The Morgan fingerprint density at radius 1 is 0.853 bits per heavy atom. The molecule has 0 aliphatic rings. The maximum atomic E-state index is 12.2. The second kappa shape index (κ2) is 17.1. The molecule has 0 N–H and O–H groups in total. The lowest BCUT2D eigenvalue weighted by Gasteiger charge is -2.08. The van der Waals surface area contributed by atoms with Gasteiger partial charge in [-0.25, -0.2) is 4.79 Å². The standard InChI is InChI=1S/C27H34O5S2/c1-2-30-27(33)34-20-10-8-6-4-3-5-7-9-19-31-24-17-13-23(14-18-24)26(29)32-25-15-11-22(21-28)12-16-25/h11-18,21H,2-10,19-20H2,1H3. The predicted molar refractivity (Wildman–Crippen MR) is 142 cm³/mol. The van der Waals surface area contributed by atoms with Gasteiger partial charge in [0.2, 0.25) is 4.38 Å². The van der Waals surface area contributed by atoms with Crippen molar-refractivity contribution in [2.45, 2.75) is 58.3 Å². The third kappa shape index (κ3) is 11.7. The molecule has 0 amide bonds. The molecule has 0 atom stereocenters. The fraction of sp³-hybridized carbons (Fsp3) is 0.444. The van der Waals surface area contributed by atoms with Crippen LogP contribution in [0.4, 0.5) is 0 Å². The molecule has 0 fully saturated rings. The maximum absolute atomic E-state index is 12.2. The molecule has 184 valence electrons. The first-order chi connectivity index (χ1) is 16.6. The molecule has 0 saturated carbocycles. The van der Waals surface area contributed by atoms with Crippen molar-refractivity contribution in [3.05, 3.63) is 59.7 Å². The van der Waals surface area contributed by atoms with E-state index < -0.39 is 5.97 Å². The van der Waals surface area contributed by atoms with Gasteiger partial charge in [-0.15, -0.1) is 0 Å². The zero-order chi connectivity index (χ0) is 24.4. The summed E-state index contributed by atoms with van der Waals surface area (Å²) >= 11 is 6.75. The molecular weight excluding hydrogens is 468 g/mol. The Kier molecular flexibility index (Phi) is 14.0. The summed E-state index contributed by atoms with van der Waals surface area (Å²) in [5.74, 6) is 1.75. The monoisotopic (exact) mass is 502 g/mol. The fourth-order valence-electron chi connectivity index (χ4n) is 3.24. The highest BCUT2D eigenvalue weighted by Gasteiger charge is 2.09. The van der Waals surface area contributed by atoms with Crippen LogP contribution in [0.3, 0.4) is 0 Å². The lowest BCUT2D eigenvalue weighted by atomic mass is 10.1. The van der Waals surface area contributed by atoms with Gasteiger partial charge in [-0.3, -0.25) is 4.79 Å². The molecular formula is C27H34O5S2. The highest BCUT2D eigenvalue weighted by molar-refractivity contribution is 8.22. The number of thioether (sulfide) groups is 1. The number of ether oxygens (including phenoxy) is 3. The van der Waals surface area contributed by atoms with Gasteiger partial charge in [0.05, 0.1) is 18.8 Å². The second-order valence-electron chi connectivity index (χ2n) is 7.81. The number of carbonyl (C=O) groups excluding carboxylic acids is 2. The molecule has 0 bridgehead atoms. The summed E-state index contributed by atoms with van der Waals surface area (Å²) < 4.78 is 17.0. The predicted octanol–water partition coefficient (Wildman–Crippen LogP) is 7.27. The van der Waals surface area contributed by atoms with Gasteiger partial charge in [0.1, 0.15) is 17.8 Å². The van der Waals surface area contributed by atoms with Crippen LogP contribution in [0.5, 0.6) is 11.5 Å². The number of unbranched alkanes of at least 4 members (excludes halogenated alkanes) is 7. The van der Waals surface area contributed by atoms with E-state index >= 15 is 0 Å². The van der Waals surface area contributed by atoms with Crippen molar-refractivity contribution in [1.29, 1.82) is 0 Å². The van der Waals surface area contributed by atoms with Crippen molar-refractivity contribution in [1.82, 2.24) is 0 Å². The number of hydrogen-bond acceptors (Lipinski definition) is 7. The molecule has 0 aliphatic carbocycles. The second-order valence-corrected chi connectivity index (χ2v) is 9.51. The Balaban J connectivity index is 1.49. The first-order valence-corrected chi connectivity index (χ1v) is 13.3. The van der Waals surface area contributed by atoms with Crippen molar-refractivity contribution >= 4 is 40.6 Å². The van der Waals surface area contributed by atoms with E-state index in [1.54, 1.807) is 60.3 Å². The number of rotatable bonds is 16. The first kappa shape index (κ1) is 27.9. The van der Waals surface area contributed by atoms with E-state index in [9.17, 15) is 9.59 Å². The largest absolute Gasteiger partial charge is 0.494 e. The number of carbonyl (C=O) groups is 2. The van der Waals surface area contributed by atoms with Gasteiger partial charge < -0.3 is 14.2 Å². The molecule has 34 heavy (non-hydrogen) atoms. The van der Waals surface area contributed by atoms with Gasteiger partial charge in [0.25, 0.3) is 0 Å². The molecule has 5 nitrogen and oxygen atoms in total. The summed E-state index contributed by atoms with van der Waals surface area (Å²) in [6.07, 6.45) is 10.4. The summed E-state index contributed by atoms with van der Waals surface area (Å²) in [5, 5.41) is 0. The molecule has 2 rings (SSSR count). The van der Waals surface area contributed by atoms with E-state index in [0.717, 1.165) is 30.6 Å². The topological polar surface area (TPSA) is 61.8 Å².